The predicted molar refractivity (Wildman–Crippen MR) is 135 cm³/mol. The Labute approximate surface area is 194 Å². The average molecular weight is 437 g/mol. The number of amidine groups is 1. The number of aryl methyl sites for hydroxylation is 3. The molecule has 32 heavy (non-hydrogen) atoms. The van der Waals surface area contributed by atoms with Crippen molar-refractivity contribution >= 4 is 5.84 Å². The van der Waals surface area contributed by atoms with Crippen molar-refractivity contribution in [3.8, 4) is 0 Å². The van der Waals surface area contributed by atoms with Gasteiger partial charge in [-0.3, -0.25) is 4.99 Å². The lowest BCUT2D eigenvalue weighted by molar-refractivity contribution is 0.242. The number of benzene rings is 2. The minimum Gasteiger partial charge on any atom is -0.383 e. The highest BCUT2D eigenvalue weighted by molar-refractivity contribution is 5.97. The molecule has 2 aromatic carbocycles. The predicted octanol–water partition coefficient (Wildman–Crippen LogP) is 7.57. The highest BCUT2D eigenvalue weighted by atomic mass is 19.1. The molecular formula is C29H41FN2. The van der Waals surface area contributed by atoms with Crippen LogP contribution in [0.15, 0.2) is 41.4 Å². The van der Waals surface area contributed by atoms with Gasteiger partial charge in [0.05, 0.1) is 6.04 Å². The van der Waals surface area contributed by atoms with Gasteiger partial charge in [-0.1, -0.05) is 71.1 Å². The quantitative estimate of drug-likeness (QED) is 0.319. The molecule has 3 unspecified atom stereocenters. The van der Waals surface area contributed by atoms with Crippen LogP contribution >= 0.6 is 0 Å². The first-order valence-corrected chi connectivity index (χ1v) is 12.7. The Morgan fingerprint density at radius 1 is 1.03 bits per heavy atom. The molecule has 0 aliphatic heterocycles. The third-order valence-electron chi connectivity index (χ3n) is 7.36. The summed E-state index contributed by atoms with van der Waals surface area (Å²) in [6.07, 6.45) is 10.7. The third-order valence-corrected chi connectivity index (χ3v) is 7.36. The molecule has 2 nitrogen and oxygen atoms in total. The van der Waals surface area contributed by atoms with E-state index in [4.69, 9.17) is 10.7 Å². The van der Waals surface area contributed by atoms with Crippen molar-refractivity contribution in [2.45, 2.75) is 91.5 Å². The first kappa shape index (κ1) is 24.5. The van der Waals surface area contributed by atoms with Crippen LogP contribution in [-0.2, 0) is 19.3 Å². The van der Waals surface area contributed by atoms with E-state index in [0.29, 0.717) is 17.8 Å². The standard InChI is InChI=1S/C29H41FN2/c1-5-9-26-19-27(16-17-28(26)30)29(31)32-21(4)25-15-14-24(22(6-2)18-25)13-12-23-11-8-7-10-20(23)3/h14-21,23H,5-13H2,1-4H3,(H2,31,32). The summed E-state index contributed by atoms with van der Waals surface area (Å²) < 4.78 is 14.0. The molecule has 0 bridgehead atoms. The molecule has 1 saturated carbocycles. The molecule has 174 valence electrons. The second-order valence-corrected chi connectivity index (χ2v) is 9.69. The fourth-order valence-corrected chi connectivity index (χ4v) is 5.19. The molecule has 0 spiro atoms. The molecule has 3 atom stereocenters. The number of rotatable bonds is 9. The lowest BCUT2D eigenvalue weighted by Gasteiger charge is -2.29. The molecule has 2 N–H and O–H groups in total. The molecular weight excluding hydrogens is 395 g/mol. The SMILES string of the molecule is CCCc1cc(C(N)=NC(C)c2ccc(CCC3CCCCC3C)c(CC)c2)ccc1F. The number of aliphatic imine (C=N–C) groups is 1. The van der Waals surface area contributed by atoms with Gasteiger partial charge in [0.25, 0.3) is 0 Å². The maximum Gasteiger partial charge on any atom is 0.126 e. The zero-order chi connectivity index (χ0) is 23.1. The van der Waals surface area contributed by atoms with Gasteiger partial charge in [0.1, 0.15) is 11.7 Å². The lowest BCUT2D eigenvalue weighted by atomic mass is 9.77. The summed E-state index contributed by atoms with van der Waals surface area (Å²) in [4.78, 5) is 4.75. The van der Waals surface area contributed by atoms with Crippen molar-refractivity contribution in [3.63, 3.8) is 0 Å². The van der Waals surface area contributed by atoms with Crippen molar-refractivity contribution < 1.29 is 4.39 Å². The molecule has 0 saturated heterocycles. The molecule has 1 aliphatic rings. The minimum absolute atomic E-state index is 0.0348. The zero-order valence-corrected chi connectivity index (χ0v) is 20.5. The molecule has 0 heterocycles. The molecule has 3 rings (SSSR count). The maximum atomic E-state index is 14.0. The van der Waals surface area contributed by atoms with Crippen molar-refractivity contribution in [2.24, 2.45) is 22.6 Å². The van der Waals surface area contributed by atoms with Gasteiger partial charge in [-0.2, -0.15) is 0 Å². The largest absolute Gasteiger partial charge is 0.383 e. The Morgan fingerprint density at radius 3 is 2.53 bits per heavy atom. The summed E-state index contributed by atoms with van der Waals surface area (Å²) in [6.45, 7) is 8.81. The Morgan fingerprint density at radius 2 is 1.81 bits per heavy atom. The third kappa shape index (κ3) is 6.21. The second-order valence-electron chi connectivity index (χ2n) is 9.69. The van der Waals surface area contributed by atoms with E-state index in [1.54, 1.807) is 6.07 Å². The molecule has 3 heteroatoms. The van der Waals surface area contributed by atoms with Crippen LogP contribution in [0.2, 0.25) is 0 Å². The van der Waals surface area contributed by atoms with Crippen LogP contribution < -0.4 is 5.73 Å². The fourth-order valence-electron chi connectivity index (χ4n) is 5.19. The molecule has 2 aromatic rings. The molecule has 1 fully saturated rings. The van der Waals surface area contributed by atoms with E-state index >= 15 is 0 Å². The maximum absolute atomic E-state index is 14.0. The van der Waals surface area contributed by atoms with E-state index in [1.807, 2.05) is 6.07 Å². The number of hydrogen-bond acceptors (Lipinski definition) is 1. The van der Waals surface area contributed by atoms with Gasteiger partial charge in [0.15, 0.2) is 0 Å². The van der Waals surface area contributed by atoms with Gasteiger partial charge in [0, 0.05) is 5.56 Å². The smallest absolute Gasteiger partial charge is 0.126 e. The zero-order valence-electron chi connectivity index (χ0n) is 20.5. The number of nitrogens with two attached hydrogens (primary N) is 1. The number of hydrogen-bond donors (Lipinski definition) is 1. The van der Waals surface area contributed by atoms with Crippen LogP contribution in [0.1, 0.15) is 100 Å². The van der Waals surface area contributed by atoms with Gasteiger partial charge < -0.3 is 5.73 Å². The van der Waals surface area contributed by atoms with E-state index in [2.05, 4.69) is 45.9 Å². The number of halogens is 1. The van der Waals surface area contributed by atoms with Gasteiger partial charge >= 0.3 is 0 Å². The summed E-state index contributed by atoms with van der Waals surface area (Å²) in [7, 11) is 0. The fraction of sp³-hybridized carbons (Fsp3) is 0.552. The highest BCUT2D eigenvalue weighted by Gasteiger charge is 2.21. The second kappa shape index (κ2) is 11.6. The summed E-state index contributed by atoms with van der Waals surface area (Å²) >= 11 is 0. The summed E-state index contributed by atoms with van der Waals surface area (Å²) in [5.41, 5.74) is 11.9. The van der Waals surface area contributed by atoms with E-state index < -0.39 is 0 Å². The van der Waals surface area contributed by atoms with Gasteiger partial charge in [-0.15, -0.1) is 0 Å². The van der Waals surface area contributed by atoms with E-state index in [1.165, 1.54) is 61.3 Å². The molecule has 0 radical (unpaired) electrons. The van der Waals surface area contributed by atoms with Crippen molar-refractivity contribution in [3.05, 3.63) is 70.0 Å². The van der Waals surface area contributed by atoms with E-state index in [9.17, 15) is 4.39 Å². The Balaban J connectivity index is 1.72. The highest BCUT2D eigenvalue weighted by Crippen LogP contribution is 2.33. The van der Waals surface area contributed by atoms with Crippen molar-refractivity contribution in [1.82, 2.24) is 0 Å². The Hall–Kier alpha value is -2.16. The molecule has 0 aromatic heterocycles. The van der Waals surface area contributed by atoms with Crippen LogP contribution in [0.3, 0.4) is 0 Å². The monoisotopic (exact) mass is 436 g/mol. The molecule has 0 amide bonds. The Kier molecular flexibility index (Phi) is 8.90. The summed E-state index contributed by atoms with van der Waals surface area (Å²) in [5.74, 6) is 2.06. The Bertz CT molecular complexity index is 917. The minimum atomic E-state index is -0.165. The van der Waals surface area contributed by atoms with E-state index in [-0.39, 0.29) is 11.9 Å². The van der Waals surface area contributed by atoms with Gasteiger partial charge in [-0.05, 0) is 84.9 Å². The average Bonchev–Trinajstić information content (AvgIpc) is 2.80. The first-order chi connectivity index (χ1) is 15.4. The van der Waals surface area contributed by atoms with Crippen LogP contribution in [-0.4, -0.2) is 5.84 Å². The number of nitrogens with zero attached hydrogens (tertiary/aromatic N) is 1. The normalized spacial score (nSPS) is 20.3. The van der Waals surface area contributed by atoms with Gasteiger partial charge in [-0.25, -0.2) is 4.39 Å². The molecule has 1 aliphatic carbocycles. The van der Waals surface area contributed by atoms with Crippen molar-refractivity contribution in [2.75, 3.05) is 0 Å². The first-order valence-electron chi connectivity index (χ1n) is 12.7. The van der Waals surface area contributed by atoms with Crippen molar-refractivity contribution in [1.29, 1.82) is 0 Å². The van der Waals surface area contributed by atoms with E-state index in [0.717, 1.165) is 30.2 Å². The topological polar surface area (TPSA) is 38.4 Å². The van der Waals surface area contributed by atoms with Crippen LogP contribution in [0.5, 0.6) is 0 Å². The van der Waals surface area contributed by atoms with Gasteiger partial charge in [0.2, 0.25) is 0 Å². The summed E-state index contributed by atoms with van der Waals surface area (Å²) in [5, 5.41) is 0. The van der Waals surface area contributed by atoms with Crippen LogP contribution in [0.4, 0.5) is 4.39 Å². The lowest BCUT2D eigenvalue weighted by Crippen LogP contribution is -2.17. The summed E-state index contributed by atoms with van der Waals surface area (Å²) in [6, 6.07) is 11.9. The van der Waals surface area contributed by atoms with Crippen LogP contribution in [0.25, 0.3) is 0 Å². The van der Waals surface area contributed by atoms with Crippen LogP contribution in [0, 0.1) is 17.7 Å².